The first-order valence-corrected chi connectivity index (χ1v) is 8.93. The maximum absolute atomic E-state index is 13.3. The van der Waals surface area contributed by atoms with Gasteiger partial charge in [0.2, 0.25) is 0 Å². The summed E-state index contributed by atoms with van der Waals surface area (Å²) in [4.78, 5) is 26.2. The van der Waals surface area contributed by atoms with Crippen LogP contribution in [0.4, 0.5) is 0 Å². The molecule has 0 spiro atoms. The minimum atomic E-state index is -1.06. The Bertz CT molecular complexity index is 628. The van der Waals surface area contributed by atoms with Crippen molar-refractivity contribution in [2.75, 3.05) is 26.3 Å². The maximum Gasteiger partial charge on any atom is 0.334 e. The third-order valence-corrected chi connectivity index (χ3v) is 4.87. The summed E-state index contributed by atoms with van der Waals surface area (Å²) in [5, 5.41) is 9.27. The maximum atomic E-state index is 13.3. The standard InChI is InChI=1S/C19H25NO6/c1-14-11-20(12-16(26-14)17(21)22)18(23)19(7-9-24-10-8-19)25-13-15-5-3-2-4-6-15/h2-6,14,16H,7-13H2,1H3,(H,21,22)/t14-,16?/m1/s1. The molecule has 26 heavy (non-hydrogen) atoms. The first-order chi connectivity index (χ1) is 12.5. The van der Waals surface area contributed by atoms with E-state index in [-0.39, 0.29) is 18.6 Å². The van der Waals surface area contributed by atoms with Gasteiger partial charge in [0.05, 0.1) is 19.3 Å². The molecule has 1 amide bonds. The summed E-state index contributed by atoms with van der Waals surface area (Å²) < 4.78 is 17.0. The molecule has 2 aliphatic rings. The molecule has 2 fully saturated rings. The Morgan fingerprint density at radius 1 is 1.23 bits per heavy atom. The molecule has 0 aromatic heterocycles. The van der Waals surface area contributed by atoms with Crippen molar-refractivity contribution in [2.24, 2.45) is 0 Å². The molecule has 2 aliphatic heterocycles. The number of benzene rings is 1. The van der Waals surface area contributed by atoms with Crippen molar-refractivity contribution in [3.8, 4) is 0 Å². The summed E-state index contributed by atoms with van der Waals surface area (Å²) in [6.07, 6.45) is -0.418. The van der Waals surface area contributed by atoms with Crippen LogP contribution < -0.4 is 0 Å². The zero-order valence-corrected chi connectivity index (χ0v) is 14.9. The van der Waals surface area contributed by atoms with Crippen molar-refractivity contribution < 1.29 is 28.9 Å². The molecule has 0 saturated carbocycles. The molecule has 3 rings (SSSR count). The number of aliphatic carboxylic acids is 1. The Hall–Kier alpha value is -1.96. The molecule has 0 bridgehead atoms. The van der Waals surface area contributed by atoms with Gasteiger partial charge >= 0.3 is 5.97 Å². The Morgan fingerprint density at radius 2 is 1.92 bits per heavy atom. The molecule has 0 aliphatic carbocycles. The van der Waals surface area contributed by atoms with Crippen molar-refractivity contribution in [1.29, 1.82) is 0 Å². The van der Waals surface area contributed by atoms with E-state index in [0.29, 0.717) is 39.2 Å². The van der Waals surface area contributed by atoms with Crippen LogP contribution in [-0.4, -0.2) is 66.0 Å². The van der Waals surface area contributed by atoms with Crippen LogP contribution >= 0.6 is 0 Å². The van der Waals surface area contributed by atoms with Crippen LogP contribution in [0.25, 0.3) is 0 Å². The molecular formula is C19H25NO6. The number of carboxylic acids is 1. The number of nitrogens with zero attached hydrogens (tertiary/aromatic N) is 1. The number of carbonyl (C=O) groups is 2. The SMILES string of the molecule is C[C@@H]1CN(C(=O)C2(OCc3ccccc3)CCOCC2)CC(C(=O)O)O1. The summed E-state index contributed by atoms with van der Waals surface area (Å²) in [6, 6.07) is 9.69. The lowest BCUT2D eigenvalue weighted by atomic mass is 9.91. The Balaban J connectivity index is 1.75. The van der Waals surface area contributed by atoms with Crippen LogP contribution in [0.3, 0.4) is 0 Å². The van der Waals surface area contributed by atoms with Gasteiger partial charge in [-0.15, -0.1) is 0 Å². The lowest BCUT2D eigenvalue weighted by Crippen LogP contribution is -2.59. The summed E-state index contributed by atoms with van der Waals surface area (Å²) in [6.45, 7) is 3.40. The fourth-order valence-corrected chi connectivity index (χ4v) is 3.46. The normalized spacial score (nSPS) is 25.7. The van der Waals surface area contributed by atoms with Crippen LogP contribution in [0.5, 0.6) is 0 Å². The second-order valence-corrected chi connectivity index (χ2v) is 6.86. The molecule has 1 N–H and O–H groups in total. The second-order valence-electron chi connectivity index (χ2n) is 6.86. The van der Waals surface area contributed by atoms with Gasteiger partial charge in [-0.3, -0.25) is 4.79 Å². The van der Waals surface area contributed by atoms with E-state index in [1.807, 2.05) is 30.3 Å². The largest absolute Gasteiger partial charge is 0.479 e. The fourth-order valence-electron chi connectivity index (χ4n) is 3.46. The van der Waals surface area contributed by atoms with Crippen molar-refractivity contribution in [1.82, 2.24) is 4.90 Å². The van der Waals surface area contributed by atoms with Gasteiger partial charge in [0, 0.05) is 32.6 Å². The second kappa shape index (κ2) is 8.16. The number of hydrogen-bond donors (Lipinski definition) is 1. The van der Waals surface area contributed by atoms with Crippen molar-refractivity contribution in [3.05, 3.63) is 35.9 Å². The summed E-state index contributed by atoms with van der Waals surface area (Å²) >= 11 is 0. The smallest absolute Gasteiger partial charge is 0.334 e. The molecule has 1 aromatic carbocycles. The molecule has 142 valence electrons. The highest BCUT2D eigenvalue weighted by atomic mass is 16.5. The quantitative estimate of drug-likeness (QED) is 0.852. The van der Waals surface area contributed by atoms with E-state index in [2.05, 4.69) is 0 Å². The third-order valence-electron chi connectivity index (χ3n) is 4.87. The lowest BCUT2D eigenvalue weighted by Gasteiger charge is -2.43. The number of rotatable bonds is 5. The molecular weight excluding hydrogens is 338 g/mol. The number of ether oxygens (including phenoxy) is 3. The van der Waals surface area contributed by atoms with Crippen molar-refractivity contribution in [3.63, 3.8) is 0 Å². The third kappa shape index (κ3) is 4.23. The molecule has 7 nitrogen and oxygen atoms in total. The van der Waals surface area contributed by atoms with Crippen LogP contribution in [0.1, 0.15) is 25.3 Å². The molecule has 0 radical (unpaired) electrons. The van der Waals surface area contributed by atoms with E-state index >= 15 is 0 Å². The minimum absolute atomic E-state index is 0.0375. The van der Waals surface area contributed by atoms with Gasteiger partial charge < -0.3 is 24.2 Å². The van der Waals surface area contributed by atoms with Gasteiger partial charge in [-0.05, 0) is 12.5 Å². The number of amides is 1. The van der Waals surface area contributed by atoms with Crippen molar-refractivity contribution >= 4 is 11.9 Å². The van der Waals surface area contributed by atoms with Crippen LogP contribution in [0.2, 0.25) is 0 Å². The number of hydrogen-bond acceptors (Lipinski definition) is 5. The van der Waals surface area contributed by atoms with Crippen LogP contribution in [0, 0.1) is 0 Å². The zero-order valence-electron chi connectivity index (χ0n) is 14.9. The number of carbonyl (C=O) groups excluding carboxylic acids is 1. The number of carboxylic acid groups (broad SMARTS) is 1. The summed E-state index contributed by atoms with van der Waals surface area (Å²) in [7, 11) is 0. The van der Waals surface area contributed by atoms with E-state index in [4.69, 9.17) is 14.2 Å². The first kappa shape index (κ1) is 18.8. The molecule has 1 unspecified atom stereocenters. The fraction of sp³-hybridized carbons (Fsp3) is 0.579. The first-order valence-electron chi connectivity index (χ1n) is 8.93. The number of morpholine rings is 1. The molecule has 7 heteroatoms. The average molecular weight is 363 g/mol. The van der Waals surface area contributed by atoms with E-state index in [9.17, 15) is 14.7 Å². The Morgan fingerprint density at radius 3 is 2.58 bits per heavy atom. The predicted octanol–water partition coefficient (Wildman–Crippen LogP) is 1.45. The van der Waals surface area contributed by atoms with E-state index in [1.165, 1.54) is 0 Å². The molecule has 2 heterocycles. The monoisotopic (exact) mass is 363 g/mol. The predicted molar refractivity (Wildman–Crippen MR) is 92.6 cm³/mol. The zero-order chi connectivity index (χ0) is 18.6. The Labute approximate surface area is 152 Å². The molecule has 2 saturated heterocycles. The van der Waals surface area contributed by atoms with Gasteiger partial charge in [0.1, 0.15) is 0 Å². The van der Waals surface area contributed by atoms with E-state index in [0.717, 1.165) is 5.56 Å². The van der Waals surface area contributed by atoms with Gasteiger partial charge in [0.25, 0.3) is 5.91 Å². The molecule has 2 atom stereocenters. The van der Waals surface area contributed by atoms with E-state index in [1.54, 1.807) is 11.8 Å². The van der Waals surface area contributed by atoms with Gasteiger partial charge in [-0.1, -0.05) is 30.3 Å². The van der Waals surface area contributed by atoms with E-state index < -0.39 is 17.7 Å². The average Bonchev–Trinajstić information content (AvgIpc) is 2.67. The summed E-state index contributed by atoms with van der Waals surface area (Å²) in [5.41, 5.74) is 0.0127. The molecule has 1 aromatic rings. The minimum Gasteiger partial charge on any atom is -0.479 e. The highest BCUT2D eigenvalue weighted by molar-refractivity contribution is 5.86. The lowest BCUT2D eigenvalue weighted by molar-refractivity contribution is -0.187. The van der Waals surface area contributed by atoms with Crippen LogP contribution in [-0.2, 0) is 30.4 Å². The topological polar surface area (TPSA) is 85.3 Å². The highest BCUT2D eigenvalue weighted by Gasteiger charge is 2.46. The van der Waals surface area contributed by atoms with Gasteiger partial charge in [0.15, 0.2) is 11.7 Å². The highest BCUT2D eigenvalue weighted by Crippen LogP contribution is 2.30. The Kier molecular flexibility index (Phi) is 5.90. The van der Waals surface area contributed by atoms with Gasteiger partial charge in [-0.2, -0.15) is 0 Å². The van der Waals surface area contributed by atoms with Gasteiger partial charge in [-0.25, -0.2) is 4.79 Å². The van der Waals surface area contributed by atoms with Crippen molar-refractivity contribution in [2.45, 2.75) is 44.2 Å². The van der Waals surface area contributed by atoms with Crippen LogP contribution in [0.15, 0.2) is 30.3 Å². The summed E-state index contributed by atoms with van der Waals surface area (Å²) in [5.74, 6) is -1.22.